The van der Waals surface area contributed by atoms with Crippen molar-refractivity contribution < 1.29 is 17.9 Å². The van der Waals surface area contributed by atoms with Gasteiger partial charge in [-0.3, -0.25) is 4.79 Å². The second-order valence-electron chi connectivity index (χ2n) is 7.37. The number of ether oxygens (including phenoxy) is 1. The lowest BCUT2D eigenvalue weighted by molar-refractivity contribution is -0.120. The second kappa shape index (κ2) is 9.51. The van der Waals surface area contributed by atoms with Crippen LogP contribution in [0.2, 0.25) is 0 Å². The molecule has 0 radical (unpaired) electrons. The topological polar surface area (TPSA) is 93.5 Å². The predicted molar refractivity (Wildman–Crippen MR) is 110 cm³/mol. The third kappa shape index (κ3) is 6.12. The maximum atomic E-state index is 12.5. The number of morpholine rings is 1. The Kier molecular flexibility index (Phi) is 7.05. The van der Waals surface area contributed by atoms with Gasteiger partial charge in [-0.2, -0.15) is 9.40 Å². The number of nitrogens with one attached hydrogen (secondary N) is 1. The van der Waals surface area contributed by atoms with Crippen LogP contribution < -0.4 is 5.32 Å². The Hall–Kier alpha value is -2.23. The van der Waals surface area contributed by atoms with Crippen molar-refractivity contribution >= 4 is 15.9 Å². The molecule has 1 aromatic carbocycles. The molecule has 158 valence electrons. The zero-order valence-electron chi connectivity index (χ0n) is 16.8. The number of amides is 1. The summed E-state index contributed by atoms with van der Waals surface area (Å²) in [6, 6.07) is 9.74. The number of hydrogen-bond acceptors (Lipinski definition) is 5. The smallest absolute Gasteiger partial charge is 0.220 e. The van der Waals surface area contributed by atoms with E-state index in [0.717, 1.165) is 11.3 Å². The van der Waals surface area contributed by atoms with Gasteiger partial charge >= 0.3 is 0 Å². The largest absolute Gasteiger partial charge is 0.373 e. The van der Waals surface area contributed by atoms with Gasteiger partial charge in [-0.05, 0) is 38.0 Å². The van der Waals surface area contributed by atoms with Crippen LogP contribution in [0.3, 0.4) is 0 Å². The normalized spacial score (nSPS) is 20.5. The Morgan fingerprint density at radius 1 is 1.21 bits per heavy atom. The van der Waals surface area contributed by atoms with E-state index in [-0.39, 0.29) is 36.8 Å². The molecule has 2 aromatic rings. The SMILES string of the molecule is C[C@H]1CN(S(=O)(=O)CCNC(=O)CCc2cnn(-c3ccccc3)c2)C[C@H](C)O1. The minimum atomic E-state index is -3.41. The molecule has 0 spiro atoms. The molecule has 3 rings (SSSR count). The molecule has 2 heterocycles. The van der Waals surface area contributed by atoms with Crippen LogP contribution >= 0.6 is 0 Å². The van der Waals surface area contributed by atoms with E-state index in [1.54, 1.807) is 10.9 Å². The zero-order chi connectivity index (χ0) is 20.9. The third-order valence-electron chi connectivity index (χ3n) is 4.76. The van der Waals surface area contributed by atoms with Crippen LogP contribution in [-0.2, 0) is 26.0 Å². The van der Waals surface area contributed by atoms with Crippen molar-refractivity contribution in [2.75, 3.05) is 25.4 Å². The first-order valence-corrected chi connectivity index (χ1v) is 11.4. The summed E-state index contributed by atoms with van der Waals surface area (Å²) in [4.78, 5) is 12.1. The lowest BCUT2D eigenvalue weighted by Crippen LogP contribution is -2.49. The fourth-order valence-electron chi connectivity index (χ4n) is 3.36. The molecule has 1 fully saturated rings. The van der Waals surface area contributed by atoms with Crippen molar-refractivity contribution in [2.45, 2.75) is 38.9 Å². The van der Waals surface area contributed by atoms with Gasteiger partial charge in [-0.15, -0.1) is 0 Å². The number of sulfonamides is 1. The molecule has 1 saturated heterocycles. The molecule has 0 unspecified atom stereocenters. The minimum Gasteiger partial charge on any atom is -0.373 e. The van der Waals surface area contributed by atoms with Crippen LogP contribution in [0.15, 0.2) is 42.7 Å². The Morgan fingerprint density at radius 2 is 1.90 bits per heavy atom. The fraction of sp³-hybridized carbons (Fsp3) is 0.500. The average Bonchev–Trinajstić information content (AvgIpc) is 3.15. The molecule has 29 heavy (non-hydrogen) atoms. The van der Waals surface area contributed by atoms with Gasteiger partial charge in [-0.25, -0.2) is 13.1 Å². The monoisotopic (exact) mass is 420 g/mol. The molecule has 1 N–H and O–H groups in total. The van der Waals surface area contributed by atoms with E-state index in [4.69, 9.17) is 4.74 Å². The number of para-hydroxylation sites is 1. The zero-order valence-corrected chi connectivity index (χ0v) is 17.6. The van der Waals surface area contributed by atoms with E-state index in [9.17, 15) is 13.2 Å². The molecule has 0 bridgehead atoms. The fourth-order valence-corrected chi connectivity index (χ4v) is 4.86. The molecule has 1 aliphatic heterocycles. The number of carbonyl (C=O) groups is 1. The van der Waals surface area contributed by atoms with Crippen LogP contribution in [-0.4, -0.2) is 66.0 Å². The summed E-state index contributed by atoms with van der Waals surface area (Å²) in [7, 11) is -3.41. The van der Waals surface area contributed by atoms with Crippen molar-refractivity contribution in [3.63, 3.8) is 0 Å². The van der Waals surface area contributed by atoms with Crippen LogP contribution in [0.4, 0.5) is 0 Å². The van der Waals surface area contributed by atoms with Gasteiger partial charge in [0.2, 0.25) is 15.9 Å². The van der Waals surface area contributed by atoms with Gasteiger partial charge in [0, 0.05) is 32.3 Å². The molecule has 2 atom stereocenters. The molecular weight excluding hydrogens is 392 g/mol. The molecule has 1 aromatic heterocycles. The van der Waals surface area contributed by atoms with Crippen LogP contribution in [0.25, 0.3) is 5.69 Å². The first kappa shape index (κ1) is 21.5. The maximum Gasteiger partial charge on any atom is 0.220 e. The van der Waals surface area contributed by atoms with Crippen LogP contribution in [0.5, 0.6) is 0 Å². The van der Waals surface area contributed by atoms with Crippen molar-refractivity contribution in [1.29, 1.82) is 0 Å². The van der Waals surface area contributed by atoms with Gasteiger partial charge in [-0.1, -0.05) is 18.2 Å². The summed E-state index contributed by atoms with van der Waals surface area (Å²) in [6.45, 7) is 4.53. The first-order chi connectivity index (χ1) is 13.8. The van der Waals surface area contributed by atoms with E-state index < -0.39 is 10.0 Å². The summed E-state index contributed by atoms with van der Waals surface area (Å²) in [5.74, 6) is -0.277. The van der Waals surface area contributed by atoms with E-state index in [2.05, 4.69) is 10.4 Å². The van der Waals surface area contributed by atoms with E-state index in [1.165, 1.54) is 4.31 Å². The maximum absolute atomic E-state index is 12.5. The quantitative estimate of drug-likeness (QED) is 0.696. The minimum absolute atomic E-state index is 0.102. The number of nitrogens with zero attached hydrogens (tertiary/aromatic N) is 3. The number of hydrogen-bond donors (Lipinski definition) is 1. The van der Waals surface area contributed by atoms with Crippen molar-refractivity contribution in [3.8, 4) is 5.69 Å². The molecule has 0 aliphatic carbocycles. The van der Waals surface area contributed by atoms with Crippen molar-refractivity contribution in [3.05, 3.63) is 48.3 Å². The number of rotatable bonds is 8. The Morgan fingerprint density at radius 3 is 2.59 bits per heavy atom. The molecular formula is C20H28N4O4S. The second-order valence-corrected chi connectivity index (χ2v) is 9.46. The molecule has 8 nitrogen and oxygen atoms in total. The van der Waals surface area contributed by atoms with Crippen LogP contribution in [0, 0.1) is 0 Å². The highest BCUT2D eigenvalue weighted by atomic mass is 32.2. The number of carbonyl (C=O) groups excluding carboxylic acids is 1. The Balaban J connectivity index is 1.42. The number of aromatic nitrogens is 2. The van der Waals surface area contributed by atoms with Gasteiger partial charge in [0.25, 0.3) is 0 Å². The predicted octanol–water partition coefficient (Wildman–Crippen LogP) is 1.36. The summed E-state index contributed by atoms with van der Waals surface area (Å²) in [6.07, 6.45) is 4.22. The van der Waals surface area contributed by atoms with E-state index in [0.29, 0.717) is 19.5 Å². The summed E-state index contributed by atoms with van der Waals surface area (Å²) in [5.41, 5.74) is 1.91. The lowest BCUT2D eigenvalue weighted by Gasteiger charge is -2.34. The van der Waals surface area contributed by atoms with E-state index >= 15 is 0 Å². The molecule has 1 amide bonds. The highest BCUT2D eigenvalue weighted by Crippen LogP contribution is 2.14. The summed E-state index contributed by atoms with van der Waals surface area (Å²) in [5, 5.41) is 7.02. The van der Waals surface area contributed by atoms with Gasteiger partial charge in [0.15, 0.2) is 0 Å². The number of aryl methyl sites for hydroxylation is 1. The standard InChI is InChI=1S/C20H28N4O4S/c1-16-13-23(14-17(2)28-16)29(26,27)11-10-21-20(25)9-8-18-12-22-24(15-18)19-6-4-3-5-7-19/h3-7,12,15-17H,8-11,13-14H2,1-2H3,(H,21,25)/t16-,17-/m0/s1. The van der Waals surface area contributed by atoms with Gasteiger partial charge in [0.1, 0.15) is 0 Å². The number of benzene rings is 1. The Bertz CT molecular complexity index is 904. The van der Waals surface area contributed by atoms with Crippen molar-refractivity contribution in [1.82, 2.24) is 19.4 Å². The van der Waals surface area contributed by atoms with E-state index in [1.807, 2.05) is 50.4 Å². The first-order valence-electron chi connectivity index (χ1n) is 9.82. The highest BCUT2D eigenvalue weighted by Gasteiger charge is 2.30. The molecule has 1 aliphatic rings. The van der Waals surface area contributed by atoms with Crippen molar-refractivity contribution in [2.24, 2.45) is 0 Å². The van der Waals surface area contributed by atoms with Crippen LogP contribution in [0.1, 0.15) is 25.8 Å². The average molecular weight is 421 g/mol. The summed E-state index contributed by atoms with van der Waals surface area (Å²) >= 11 is 0. The lowest BCUT2D eigenvalue weighted by atomic mass is 10.2. The van der Waals surface area contributed by atoms with Gasteiger partial charge < -0.3 is 10.1 Å². The van der Waals surface area contributed by atoms with Gasteiger partial charge in [0.05, 0.1) is 29.8 Å². The highest BCUT2D eigenvalue weighted by molar-refractivity contribution is 7.89. The Labute approximate surface area is 171 Å². The molecule has 0 saturated carbocycles. The molecule has 9 heteroatoms. The summed E-state index contributed by atoms with van der Waals surface area (Å²) < 4.78 is 33.8. The third-order valence-corrected chi connectivity index (χ3v) is 6.56.